The van der Waals surface area contributed by atoms with Gasteiger partial charge >= 0.3 is 0 Å². The summed E-state index contributed by atoms with van der Waals surface area (Å²) in [6.07, 6.45) is 1.68. The number of hydrogen-bond donors (Lipinski definition) is 2. The van der Waals surface area contributed by atoms with Crippen molar-refractivity contribution in [2.24, 2.45) is 7.05 Å². The van der Waals surface area contributed by atoms with Gasteiger partial charge in [-0.3, -0.25) is 9.48 Å². The summed E-state index contributed by atoms with van der Waals surface area (Å²) in [5.74, 6) is 2.32. The number of carbonyl (C=O) groups is 1. The maximum absolute atomic E-state index is 13.3. The van der Waals surface area contributed by atoms with Gasteiger partial charge in [0.2, 0.25) is 5.75 Å². The molecule has 9 heteroatoms. The third kappa shape index (κ3) is 4.00. The van der Waals surface area contributed by atoms with E-state index in [1.165, 1.54) is 21.3 Å². The van der Waals surface area contributed by atoms with Crippen molar-refractivity contribution in [3.63, 3.8) is 0 Å². The van der Waals surface area contributed by atoms with Crippen LogP contribution in [0.1, 0.15) is 10.4 Å². The molecule has 0 unspecified atom stereocenters. The van der Waals surface area contributed by atoms with E-state index in [0.717, 1.165) is 11.2 Å². The molecule has 0 saturated carbocycles. The smallest absolute Gasteiger partial charge is 0.256 e. The van der Waals surface area contributed by atoms with Crippen molar-refractivity contribution in [1.29, 1.82) is 0 Å². The van der Waals surface area contributed by atoms with Gasteiger partial charge in [-0.2, -0.15) is 5.10 Å². The topological polar surface area (TPSA) is 99.5 Å². The first-order chi connectivity index (χ1) is 15.5. The molecule has 32 heavy (non-hydrogen) atoms. The fourth-order valence-corrected chi connectivity index (χ4v) is 3.41. The average Bonchev–Trinajstić information content (AvgIpc) is 3.21. The number of nitrogens with one attached hydrogen (secondary N) is 2. The molecule has 0 aliphatic heterocycles. The summed E-state index contributed by atoms with van der Waals surface area (Å²) in [5, 5.41) is 11.0. The number of carbonyl (C=O) groups excluding carboxylic acids is 1. The molecule has 1 amide bonds. The fourth-order valence-electron chi connectivity index (χ4n) is 3.41. The number of pyridine rings is 1. The average molecular weight is 433 g/mol. The number of fused-ring (bicyclic) bond motifs is 1. The maximum Gasteiger partial charge on any atom is 0.256 e. The minimum atomic E-state index is -0.300. The van der Waals surface area contributed by atoms with Crippen LogP contribution in [0.15, 0.2) is 54.7 Å². The van der Waals surface area contributed by atoms with Crippen LogP contribution in [0.2, 0.25) is 0 Å². The molecule has 4 aromatic rings. The van der Waals surface area contributed by atoms with Crippen LogP contribution in [0, 0.1) is 0 Å². The van der Waals surface area contributed by atoms with Crippen LogP contribution in [-0.2, 0) is 7.05 Å². The number of rotatable bonds is 7. The van der Waals surface area contributed by atoms with E-state index >= 15 is 0 Å². The van der Waals surface area contributed by atoms with E-state index in [1.807, 2.05) is 37.4 Å². The number of ether oxygens (including phenoxy) is 3. The lowest BCUT2D eigenvalue weighted by molar-refractivity contribution is 0.102. The van der Waals surface area contributed by atoms with Gasteiger partial charge < -0.3 is 24.8 Å². The van der Waals surface area contributed by atoms with Crippen LogP contribution in [0.4, 0.5) is 17.3 Å². The molecular formula is C23H23N5O4. The zero-order valence-electron chi connectivity index (χ0n) is 18.2. The highest BCUT2D eigenvalue weighted by Crippen LogP contribution is 2.40. The first-order valence-electron chi connectivity index (χ1n) is 9.80. The van der Waals surface area contributed by atoms with Crippen molar-refractivity contribution >= 4 is 34.1 Å². The Morgan fingerprint density at radius 1 is 0.969 bits per heavy atom. The Balaban J connectivity index is 1.73. The molecule has 0 aliphatic carbocycles. The number of aryl methyl sites for hydroxylation is 1. The quantitative estimate of drug-likeness (QED) is 0.455. The zero-order chi connectivity index (χ0) is 22.7. The van der Waals surface area contributed by atoms with Crippen LogP contribution < -0.4 is 24.8 Å². The Hall–Kier alpha value is -4.27. The summed E-state index contributed by atoms with van der Waals surface area (Å²) in [4.78, 5) is 17.9. The predicted molar refractivity (Wildman–Crippen MR) is 122 cm³/mol. The van der Waals surface area contributed by atoms with E-state index in [0.29, 0.717) is 39.8 Å². The highest BCUT2D eigenvalue weighted by Gasteiger charge is 2.18. The Morgan fingerprint density at radius 2 is 1.69 bits per heavy atom. The number of para-hydroxylation sites is 1. The molecule has 0 atom stereocenters. The second kappa shape index (κ2) is 8.84. The summed E-state index contributed by atoms with van der Waals surface area (Å²) in [7, 11) is 6.39. The SMILES string of the molecule is COc1cc(NC(=O)c2cc(Nc3ccnn3C)nc3ccccc23)cc(OC)c1OC. The first kappa shape index (κ1) is 21.0. The summed E-state index contributed by atoms with van der Waals surface area (Å²) in [6, 6.07) is 14.4. The summed E-state index contributed by atoms with van der Waals surface area (Å²) in [6.45, 7) is 0. The second-order valence-corrected chi connectivity index (χ2v) is 6.91. The van der Waals surface area contributed by atoms with Gasteiger partial charge in [0.15, 0.2) is 11.5 Å². The van der Waals surface area contributed by atoms with Crippen molar-refractivity contribution in [3.8, 4) is 17.2 Å². The molecule has 0 bridgehead atoms. The van der Waals surface area contributed by atoms with Crippen molar-refractivity contribution in [1.82, 2.24) is 14.8 Å². The minimum Gasteiger partial charge on any atom is -0.493 e. The number of nitrogens with zero attached hydrogens (tertiary/aromatic N) is 3. The van der Waals surface area contributed by atoms with Gasteiger partial charge in [-0.15, -0.1) is 0 Å². The maximum atomic E-state index is 13.3. The molecule has 0 spiro atoms. The third-order valence-electron chi connectivity index (χ3n) is 4.96. The third-order valence-corrected chi connectivity index (χ3v) is 4.96. The summed E-state index contributed by atoms with van der Waals surface area (Å²) in [5.41, 5.74) is 1.66. The molecule has 0 radical (unpaired) electrons. The Labute approximate surface area is 184 Å². The number of amides is 1. The van der Waals surface area contributed by atoms with Gasteiger partial charge in [0.1, 0.15) is 11.6 Å². The normalized spacial score (nSPS) is 10.6. The van der Waals surface area contributed by atoms with Crippen molar-refractivity contribution in [2.75, 3.05) is 32.0 Å². The van der Waals surface area contributed by atoms with E-state index in [4.69, 9.17) is 14.2 Å². The van der Waals surface area contributed by atoms with Gasteiger partial charge in [0.05, 0.1) is 38.6 Å². The number of hydrogen-bond acceptors (Lipinski definition) is 7. The molecule has 2 heterocycles. The fraction of sp³-hybridized carbons (Fsp3) is 0.174. The van der Waals surface area contributed by atoms with Crippen LogP contribution in [0.5, 0.6) is 17.2 Å². The number of benzene rings is 2. The van der Waals surface area contributed by atoms with E-state index in [2.05, 4.69) is 20.7 Å². The molecular weight excluding hydrogens is 410 g/mol. The van der Waals surface area contributed by atoms with Crippen molar-refractivity contribution in [2.45, 2.75) is 0 Å². The Kier molecular flexibility index (Phi) is 5.80. The molecule has 9 nitrogen and oxygen atoms in total. The Morgan fingerprint density at radius 3 is 2.31 bits per heavy atom. The van der Waals surface area contributed by atoms with Gasteiger partial charge in [0, 0.05) is 36.3 Å². The second-order valence-electron chi connectivity index (χ2n) is 6.91. The van der Waals surface area contributed by atoms with E-state index in [1.54, 1.807) is 29.1 Å². The molecule has 0 aliphatic rings. The van der Waals surface area contributed by atoms with Crippen LogP contribution in [-0.4, -0.2) is 42.0 Å². The first-order valence-corrected chi connectivity index (χ1v) is 9.80. The highest BCUT2D eigenvalue weighted by atomic mass is 16.5. The Bertz CT molecular complexity index is 1260. The minimum absolute atomic E-state index is 0.300. The molecule has 0 saturated heterocycles. The molecule has 4 rings (SSSR count). The van der Waals surface area contributed by atoms with Gasteiger partial charge in [-0.25, -0.2) is 4.98 Å². The van der Waals surface area contributed by atoms with Gasteiger partial charge in [0.25, 0.3) is 5.91 Å². The number of aromatic nitrogens is 3. The van der Waals surface area contributed by atoms with Crippen LogP contribution in [0.3, 0.4) is 0 Å². The van der Waals surface area contributed by atoms with E-state index in [-0.39, 0.29) is 5.91 Å². The van der Waals surface area contributed by atoms with Crippen LogP contribution in [0.25, 0.3) is 10.9 Å². The lowest BCUT2D eigenvalue weighted by atomic mass is 10.1. The summed E-state index contributed by atoms with van der Waals surface area (Å²) >= 11 is 0. The molecule has 164 valence electrons. The van der Waals surface area contributed by atoms with E-state index in [9.17, 15) is 4.79 Å². The largest absolute Gasteiger partial charge is 0.493 e. The summed E-state index contributed by atoms with van der Waals surface area (Å²) < 4.78 is 17.8. The van der Waals surface area contributed by atoms with Crippen LogP contribution >= 0.6 is 0 Å². The van der Waals surface area contributed by atoms with Gasteiger partial charge in [-0.05, 0) is 12.1 Å². The monoisotopic (exact) mass is 433 g/mol. The molecule has 0 fully saturated rings. The number of anilines is 3. The van der Waals surface area contributed by atoms with Crippen molar-refractivity contribution in [3.05, 3.63) is 60.3 Å². The lowest BCUT2D eigenvalue weighted by Gasteiger charge is -2.15. The molecule has 2 aromatic heterocycles. The van der Waals surface area contributed by atoms with Gasteiger partial charge in [-0.1, -0.05) is 18.2 Å². The lowest BCUT2D eigenvalue weighted by Crippen LogP contribution is -2.14. The standard InChI is InChI=1S/C23H23N5O4/c1-28-21(9-10-24-28)27-20-13-16(15-7-5-6-8-17(15)26-20)23(29)25-14-11-18(30-2)22(32-4)19(12-14)31-3/h5-13H,1-4H3,(H,25,29)(H,26,27). The van der Waals surface area contributed by atoms with E-state index < -0.39 is 0 Å². The molecule has 2 aromatic carbocycles. The predicted octanol–water partition coefficient (Wildman–Crippen LogP) is 3.99. The van der Waals surface area contributed by atoms with Crippen molar-refractivity contribution < 1.29 is 19.0 Å². The molecule has 2 N–H and O–H groups in total. The highest BCUT2D eigenvalue weighted by molar-refractivity contribution is 6.13. The number of methoxy groups -OCH3 is 3. The zero-order valence-corrected chi connectivity index (χ0v) is 18.2.